The van der Waals surface area contributed by atoms with E-state index in [0.717, 1.165) is 24.7 Å². The predicted octanol–water partition coefficient (Wildman–Crippen LogP) is 3.53. The average Bonchev–Trinajstić information content (AvgIpc) is 2.27. The van der Waals surface area contributed by atoms with Gasteiger partial charge in [0.05, 0.1) is 0 Å². The molecule has 1 aromatic rings. The van der Waals surface area contributed by atoms with E-state index in [4.69, 9.17) is 5.73 Å². The van der Waals surface area contributed by atoms with E-state index < -0.39 is 0 Å². The van der Waals surface area contributed by atoms with Crippen molar-refractivity contribution in [3.8, 4) is 0 Å². The Morgan fingerprint density at radius 2 is 1.94 bits per heavy atom. The van der Waals surface area contributed by atoms with Gasteiger partial charge in [0.1, 0.15) is 0 Å². The minimum Gasteiger partial charge on any atom is -0.399 e. The van der Waals surface area contributed by atoms with Crippen molar-refractivity contribution in [2.24, 2.45) is 5.92 Å². The number of rotatable bonds is 6. The van der Waals surface area contributed by atoms with Crippen LogP contribution < -0.4 is 5.73 Å². The highest BCUT2D eigenvalue weighted by atomic mass is 15.1. The third kappa shape index (κ3) is 4.78. The molecule has 0 spiro atoms. The molecular formula is C15H26N2. The SMILES string of the molecule is CCC(C)CN(Cc1cccc(N)c1)C(C)C. The van der Waals surface area contributed by atoms with E-state index in [0.29, 0.717) is 6.04 Å². The van der Waals surface area contributed by atoms with Gasteiger partial charge in [-0.1, -0.05) is 32.4 Å². The van der Waals surface area contributed by atoms with Crippen LogP contribution in [-0.4, -0.2) is 17.5 Å². The van der Waals surface area contributed by atoms with Gasteiger partial charge in [0.2, 0.25) is 0 Å². The van der Waals surface area contributed by atoms with Crippen LogP contribution in [0.1, 0.15) is 39.7 Å². The van der Waals surface area contributed by atoms with Gasteiger partial charge in [0, 0.05) is 24.8 Å². The Bertz CT molecular complexity index is 333. The highest BCUT2D eigenvalue weighted by Gasteiger charge is 2.13. The smallest absolute Gasteiger partial charge is 0.0317 e. The van der Waals surface area contributed by atoms with Gasteiger partial charge in [-0.2, -0.15) is 0 Å². The summed E-state index contributed by atoms with van der Waals surface area (Å²) >= 11 is 0. The van der Waals surface area contributed by atoms with Crippen molar-refractivity contribution in [2.45, 2.75) is 46.7 Å². The fraction of sp³-hybridized carbons (Fsp3) is 0.600. The molecule has 17 heavy (non-hydrogen) atoms. The summed E-state index contributed by atoms with van der Waals surface area (Å²) in [7, 11) is 0. The largest absolute Gasteiger partial charge is 0.399 e. The molecule has 0 bridgehead atoms. The van der Waals surface area contributed by atoms with Gasteiger partial charge in [0.25, 0.3) is 0 Å². The fourth-order valence-electron chi connectivity index (χ4n) is 1.91. The molecule has 0 amide bonds. The summed E-state index contributed by atoms with van der Waals surface area (Å²) in [6, 6.07) is 8.78. The summed E-state index contributed by atoms with van der Waals surface area (Å²) in [6.07, 6.45) is 1.24. The minimum absolute atomic E-state index is 0.574. The first-order valence-electron chi connectivity index (χ1n) is 6.61. The number of nitrogens with zero attached hydrogens (tertiary/aromatic N) is 1. The summed E-state index contributed by atoms with van der Waals surface area (Å²) in [6.45, 7) is 11.2. The summed E-state index contributed by atoms with van der Waals surface area (Å²) in [4.78, 5) is 2.52. The zero-order valence-corrected chi connectivity index (χ0v) is 11.6. The molecule has 1 atom stereocenters. The Morgan fingerprint density at radius 3 is 2.47 bits per heavy atom. The number of hydrogen-bond acceptors (Lipinski definition) is 2. The van der Waals surface area contributed by atoms with Gasteiger partial charge in [0.15, 0.2) is 0 Å². The molecule has 0 radical (unpaired) electrons. The maximum absolute atomic E-state index is 5.82. The topological polar surface area (TPSA) is 29.3 Å². The van der Waals surface area contributed by atoms with Crippen LogP contribution in [0.3, 0.4) is 0 Å². The lowest BCUT2D eigenvalue weighted by molar-refractivity contribution is 0.182. The lowest BCUT2D eigenvalue weighted by Gasteiger charge is -2.29. The Balaban J connectivity index is 2.66. The van der Waals surface area contributed by atoms with E-state index in [2.05, 4.69) is 44.7 Å². The van der Waals surface area contributed by atoms with Crippen LogP contribution >= 0.6 is 0 Å². The number of nitrogen functional groups attached to an aromatic ring is 1. The van der Waals surface area contributed by atoms with Crippen LogP contribution in [-0.2, 0) is 6.54 Å². The summed E-state index contributed by atoms with van der Waals surface area (Å²) in [5.74, 6) is 0.749. The molecule has 2 N–H and O–H groups in total. The molecule has 2 nitrogen and oxygen atoms in total. The van der Waals surface area contributed by atoms with Crippen molar-refractivity contribution in [3.05, 3.63) is 29.8 Å². The predicted molar refractivity (Wildman–Crippen MR) is 75.9 cm³/mol. The quantitative estimate of drug-likeness (QED) is 0.763. The van der Waals surface area contributed by atoms with Gasteiger partial charge in [-0.25, -0.2) is 0 Å². The molecular weight excluding hydrogens is 208 g/mol. The van der Waals surface area contributed by atoms with Gasteiger partial charge in [-0.05, 0) is 37.5 Å². The zero-order chi connectivity index (χ0) is 12.8. The second-order valence-electron chi connectivity index (χ2n) is 5.28. The standard InChI is InChI=1S/C15H26N2/c1-5-13(4)10-17(12(2)3)11-14-7-6-8-15(16)9-14/h6-9,12-13H,5,10-11,16H2,1-4H3. The first-order valence-corrected chi connectivity index (χ1v) is 6.61. The van der Waals surface area contributed by atoms with E-state index in [1.165, 1.54) is 12.0 Å². The van der Waals surface area contributed by atoms with Crippen LogP contribution in [0.2, 0.25) is 0 Å². The third-order valence-corrected chi connectivity index (χ3v) is 3.31. The van der Waals surface area contributed by atoms with Gasteiger partial charge >= 0.3 is 0 Å². The number of anilines is 1. The maximum atomic E-state index is 5.82. The zero-order valence-electron chi connectivity index (χ0n) is 11.6. The molecule has 0 aliphatic rings. The summed E-state index contributed by atoms with van der Waals surface area (Å²) < 4.78 is 0. The minimum atomic E-state index is 0.574. The molecule has 1 aromatic carbocycles. The van der Waals surface area contributed by atoms with Crippen LogP contribution in [0.5, 0.6) is 0 Å². The van der Waals surface area contributed by atoms with Crippen LogP contribution in [0.15, 0.2) is 24.3 Å². The Hall–Kier alpha value is -1.02. The van der Waals surface area contributed by atoms with Crippen molar-refractivity contribution in [1.29, 1.82) is 0 Å². The van der Waals surface area contributed by atoms with Crippen LogP contribution in [0.25, 0.3) is 0 Å². The molecule has 1 unspecified atom stereocenters. The van der Waals surface area contributed by atoms with E-state index in [1.807, 2.05) is 12.1 Å². The third-order valence-electron chi connectivity index (χ3n) is 3.31. The second kappa shape index (κ2) is 6.65. The van der Waals surface area contributed by atoms with E-state index in [9.17, 15) is 0 Å². The monoisotopic (exact) mass is 234 g/mol. The first-order chi connectivity index (χ1) is 8.02. The molecule has 0 fully saturated rings. The van der Waals surface area contributed by atoms with Crippen molar-refractivity contribution in [3.63, 3.8) is 0 Å². The Morgan fingerprint density at radius 1 is 1.24 bits per heavy atom. The van der Waals surface area contributed by atoms with E-state index in [-0.39, 0.29) is 0 Å². The molecule has 1 rings (SSSR count). The highest BCUT2D eigenvalue weighted by Crippen LogP contribution is 2.14. The van der Waals surface area contributed by atoms with Crippen molar-refractivity contribution in [2.75, 3.05) is 12.3 Å². The molecule has 0 heterocycles. The van der Waals surface area contributed by atoms with Crippen LogP contribution in [0, 0.1) is 5.92 Å². The molecule has 0 aromatic heterocycles. The number of hydrogen-bond donors (Lipinski definition) is 1. The normalized spacial score (nSPS) is 13.3. The molecule has 0 saturated carbocycles. The molecule has 2 heteroatoms. The van der Waals surface area contributed by atoms with Gasteiger partial charge in [-0.15, -0.1) is 0 Å². The van der Waals surface area contributed by atoms with Gasteiger partial charge in [-0.3, -0.25) is 4.90 Å². The van der Waals surface area contributed by atoms with Crippen molar-refractivity contribution < 1.29 is 0 Å². The van der Waals surface area contributed by atoms with E-state index >= 15 is 0 Å². The average molecular weight is 234 g/mol. The highest BCUT2D eigenvalue weighted by molar-refractivity contribution is 5.40. The van der Waals surface area contributed by atoms with Gasteiger partial charge < -0.3 is 5.73 Å². The Kier molecular flexibility index (Phi) is 5.49. The summed E-state index contributed by atoms with van der Waals surface area (Å²) in [5.41, 5.74) is 7.98. The molecule has 0 saturated heterocycles. The van der Waals surface area contributed by atoms with Crippen molar-refractivity contribution >= 4 is 5.69 Å². The number of nitrogens with two attached hydrogens (primary N) is 1. The summed E-state index contributed by atoms with van der Waals surface area (Å²) in [5, 5.41) is 0. The lowest BCUT2D eigenvalue weighted by Crippen LogP contribution is -2.34. The lowest BCUT2D eigenvalue weighted by atomic mass is 10.1. The molecule has 0 aliphatic carbocycles. The number of benzene rings is 1. The molecule has 0 aliphatic heterocycles. The second-order valence-corrected chi connectivity index (χ2v) is 5.28. The van der Waals surface area contributed by atoms with Crippen LogP contribution in [0.4, 0.5) is 5.69 Å². The van der Waals surface area contributed by atoms with Crippen molar-refractivity contribution in [1.82, 2.24) is 4.90 Å². The Labute approximate surface area is 106 Å². The first kappa shape index (κ1) is 14.0. The fourth-order valence-corrected chi connectivity index (χ4v) is 1.91. The van der Waals surface area contributed by atoms with E-state index in [1.54, 1.807) is 0 Å². The maximum Gasteiger partial charge on any atom is 0.0317 e. The molecule has 96 valence electrons.